The van der Waals surface area contributed by atoms with Crippen LogP contribution >= 0.6 is 11.8 Å². The van der Waals surface area contributed by atoms with Crippen LogP contribution in [0.3, 0.4) is 0 Å². The van der Waals surface area contributed by atoms with Crippen LogP contribution in [0.15, 0.2) is 55.4 Å². The summed E-state index contributed by atoms with van der Waals surface area (Å²) in [6.45, 7) is 1.60. The number of aromatic nitrogens is 2. The molecule has 0 saturated carbocycles. The molecule has 0 spiro atoms. The molecule has 2 aromatic heterocycles. The van der Waals surface area contributed by atoms with Gasteiger partial charge in [-0.05, 0) is 36.0 Å². The zero-order valence-corrected chi connectivity index (χ0v) is 14.1. The Bertz CT molecular complexity index is 990. The van der Waals surface area contributed by atoms with Gasteiger partial charge in [-0.25, -0.2) is 4.79 Å². The number of nitrogens with zero attached hydrogens (tertiary/aromatic N) is 3. The lowest BCUT2D eigenvalue weighted by Crippen LogP contribution is -1.96. The predicted molar refractivity (Wildman–Crippen MR) is 91.3 cm³/mol. The Labute approximate surface area is 150 Å². The standard InChI is InChI=1S/C16H11N3O6S/c1-9-17-18-16(24-9)26-14(15(20)21)8-12-6-7-13(25-12)10-2-4-11(5-3-10)19(22)23/h2-8H,1H3,(H,20,21)/b14-8-. The monoisotopic (exact) mass is 373 g/mol. The molecule has 0 saturated heterocycles. The van der Waals surface area contributed by atoms with E-state index >= 15 is 0 Å². The van der Waals surface area contributed by atoms with Gasteiger partial charge in [-0.15, -0.1) is 10.2 Å². The highest BCUT2D eigenvalue weighted by atomic mass is 32.2. The Kier molecular flexibility index (Phi) is 4.85. The molecule has 0 aliphatic rings. The molecule has 0 aliphatic heterocycles. The summed E-state index contributed by atoms with van der Waals surface area (Å²) < 4.78 is 10.8. The molecule has 0 unspecified atom stereocenters. The number of nitro benzene ring substituents is 1. The summed E-state index contributed by atoms with van der Waals surface area (Å²) >= 11 is 0.809. The third kappa shape index (κ3) is 3.98. The highest BCUT2D eigenvalue weighted by Gasteiger charge is 2.15. The fourth-order valence-corrected chi connectivity index (χ4v) is 2.71. The van der Waals surface area contributed by atoms with Crippen LogP contribution in [0.25, 0.3) is 17.4 Å². The Morgan fingerprint density at radius 3 is 2.50 bits per heavy atom. The van der Waals surface area contributed by atoms with Gasteiger partial charge in [0.1, 0.15) is 16.4 Å². The van der Waals surface area contributed by atoms with Gasteiger partial charge < -0.3 is 13.9 Å². The number of benzene rings is 1. The van der Waals surface area contributed by atoms with Gasteiger partial charge >= 0.3 is 5.97 Å². The maximum Gasteiger partial charge on any atom is 0.342 e. The minimum absolute atomic E-state index is 0.0279. The number of aliphatic carboxylic acids is 1. The van der Waals surface area contributed by atoms with Crippen molar-refractivity contribution < 1.29 is 23.7 Å². The lowest BCUT2D eigenvalue weighted by Gasteiger charge is -1.98. The number of hydrogen-bond acceptors (Lipinski definition) is 8. The fourth-order valence-electron chi connectivity index (χ4n) is 2.01. The molecule has 0 amide bonds. The quantitative estimate of drug-likeness (QED) is 0.297. The molecular formula is C16H11N3O6S. The van der Waals surface area contributed by atoms with Gasteiger partial charge in [-0.3, -0.25) is 10.1 Å². The summed E-state index contributed by atoms with van der Waals surface area (Å²) in [7, 11) is 0. The number of carboxylic acids is 1. The van der Waals surface area contributed by atoms with Gasteiger partial charge in [-0.2, -0.15) is 0 Å². The largest absolute Gasteiger partial charge is 0.477 e. The van der Waals surface area contributed by atoms with Crippen molar-refractivity contribution in [3.05, 3.63) is 63.1 Å². The first-order chi connectivity index (χ1) is 12.4. The smallest absolute Gasteiger partial charge is 0.342 e. The van der Waals surface area contributed by atoms with Crippen molar-refractivity contribution in [1.82, 2.24) is 10.2 Å². The summed E-state index contributed by atoms with van der Waals surface area (Å²) in [6.07, 6.45) is 1.33. The molecule has 10 heteroatoms. The molecule has 9 nitrogen and oxygen atoms in total. The average molecular weight is 373 g/mol. The third-order valence-electron chi connectivity index (χ3n) is 3.18. The number of aryl methyl sites for hydroxylation is 1. The van der Waals surface area contributed by atoms with Crippen molar-refractivity contribution in [2.45, 2.75) is 12.1 Å². The van der Waals surface area contributed by atoms with Gasteiger partial charge in [0.25, 0.3) is 10.9 Å². The van der Waals surface area contributed by atoms with E-state index in [0.717, 1.165) is 11.8 Å². The molecular weight excluding hydrogens is 362 g/mol. The molecule has 0 aliphatic carbocycles. The van der Waals surface area contributed by atoms with Crippen molar-refractivity contribution in [3.63, 3.8) is 0 Å². The first-order valence-corrected chi connectivity index (χ1v) is 8.01. The first-order valence-electron chi connectivity index (χ1n) is 7.20. The van der Waals surface area contributed by atoms with E-state index in [4.69, 9.17) is 8.83 Å². The maximum absolute atomic E-state index is 11.4. The first kappa shape index (κ1) is 17.4. The second-order valence-corrected chi connectivity index (χ2v) is 6.00. The number of hydrogen-bond donors (Lipinski definition) is 1. The predicted octanol–water partition coefficient (Wildman–Crippen LogP) is 3.76. The molecule has 1 N–H and O–H groups in total. The SMILES string of the molecule is Cc1nnc(S/C(=C\c2ccc(-c3ccc([N+](=O)[O-])cc3)o2)C(=O)O)o1. The molecule has 3 rings (SSSR count). The fraction of sp³-hybridized carbons (Fsp3) is 0.0625. The number of carbonyl (C=O) groups is 1. The summed E-state index contributed by atoms with van der Waals surface area (Å²) in [6, 6.07) is 9.08. The third-order valence-corrected chi connectivity index (χ3v) is 4.03. The Hall–Kier alpha value is -3.40. The Morgan fingerprint density at radius 1 is 1.19 bits per heavy atom. The van der Waals surface area contributed by atoms with Crippen LogP contribution in [-0.4, -0.2) is 26.2 Å². The number of carboxylic acid groups (broad SMARTS) is 1. The van der Waals surface area contributed by atoms with Crippen molar-refractivity contribution in [1.29, 1.82) is 0 Å². The summed E-state index contributed by atoms with van der Waals surface area (Å²) in [5.74, 6) is -0.0798. The van der Waals surface area contributed by atoms with E-state index in [2.05, 4.69) is 10.2 Å². The normalized spacial score (nSPS) is 11.5. The number of nitro groups is 1. The van der Waals surface area contributed by atoms with Crippen LogP contribution < -0.4 is 0 Å². The highest BCUT2D eigenvalue weighted by Crippen LogP contribution is 2.30. The van der Waals surface area contributed by atoms with Crippen LogP contribution in [-0.2, 0) is 4.79 Å². The topological polar surface area (TPSA) is 132 Å². The average Bonchev–Trinajstić information content (AvgIpc) is 3.23. The van der Waals surface area contributed by atoms with Gasteiger partial charge in [0.2, 0.25) is 5.89 Å². The van der Waals surface area contributed by atoms with E-state index in [1.165, 1.54) is 18.2 Å². The molecule has 0 fully saturated rings. The zero-order chi connectivity index (χ0) is 18.7. The summed E-state index contributed by atoms with van der Waals surface area (Å²) in [5.41, 5.74) is 0.604. The van der Waals surface area contributed by atoms with Gasteiger partial charge in [-0.1, -0.05) is 0 Å². The summed E-state index contributed by atoms with van der Waals surface area (Å²) in [4.78, 5) is 21.5. The molecule has 0 radical (unpaired) electrons. The van der Waals surface area contributed by atoms with E-state index in [0.29, 0.717) is 23.0 Å². The number of thioether (sulfide) groups is 1. The lowest BCUT2D eigenvalue weighted by atomic mass is 10.1. The maximum atomic E-state index is 11.4. The van der Waals surface area contributed by atoms with E-state index in [1.54, 1.807) is 31.2 Å². The second kappa shape index (κ2) is 7.23. The number of furan rings is 1. The van der Waals surface area contributed by atoms with Gasteiger partial charge in [0.15, 0.2) is 0 Å². The van der Waals surface area contributed by atoms with Gasteiger partial charge in [0, 0.05) is 30.7 Å². The van der Waals surface area contributed by atoms with Crippen molar-refractivity contribution in [3.8, 4) is 11.3 Å². The molecule has 2 heterocycles. The highest BCUT2D eigenvalue weighted by molar-refractivity contribution is 8.03. The number of non-ortho nitro benzene ring substituents is 1. The second-order valence-electron chi connectivity index (χ2n) is 5.01. The zero-order valence-electron chi connectivity index (χ0n) is 13.3. The van der Waals surface area contributed by atoms with E-state index in [1.807, 2.05) is 0 Å². The van der Waals surface area contributed by atoms with Crippen LogP contribution in [0.1, 0.15) is 11.7 Å². The molecule has 132 valence electrons. The van der Waals surface area contributed by atoms with E-state index in [9.17, 15) is 20.0 Å². The van der Waals surface area contributed by atoms with E-state index < -0.39 is 10.9 Å². The van der Waals surface area contributed by atoms with Crippen molar-refractivity contribution >= 4 is 29.5 Å². The lowest BCUT2D eigenvalue weighted by molar-refractivity contribution is -0.384. The van der Waals surface area contributed by atoms with Crippen LogP contribution in [0.5, 0.6) is 0 Å². The van der Waals surface area contributed by atoms with Gasteiger partial charge in [0.05, 0.1) is 4.92 Å². The Morgan fingerprint density at radius 2 is 1.92 bits per heavy atom. The van der Waals surface area contributed by atoms with Crippen LogP contribution in [0, 0.1) is 17.0 Å². The molecule has 26 heavy (non-hydrogen) atoms. The summed E-state index contributed by atoms with van der Waals surface area (Å²) in [5, 5.41) is 27.5. The molecule has 0 atom stereocenters. The molecule has 3 aromatic rings. The molecule has 0 bridgehead atoms. The van der Waals surface area contributed by atoms with E-state index in [-0.39, 0.29) is 15.8 Å². The van der Waals surface area contributed by atoms with Crippen LogP contribution in [0.4, 0.5) is 5.69 Å². The molecule has 1 aromatic carbocycles. The van der Waals surface area contributed by atoms with Crippen molar-refractivity contribution in [2.75, 3.05) is 0 Å². The minimum atomic E-state index is -1.17. The Balaban J connectivity index is 1.83. The minimum Gasteiger partial charge on any atom is -0.477 e. The van der Waals surface area contributed by atoms with Crippen LogP contribution in [0.2, 0.25) is 0 Å². The van der Waals surface area contributed by atoms with Crippen molar-refractivity contribution in [2.24, 2.45) is 0 Å². The number of rotatable bonds is 6.